The van der Waals surface area contributed by atoms with E-state index in [1.807, 2.05) is 18.3 Å². The molecule has 2 rings (SSSR count). The molecule has 1 heterocycles. The van der Waals surface area contributed by atoms with Crippen molar-refractivity contribution in [3.05, 3.63) is 57.8 Å². The fraction of sp³-hybridized carbons (Fsp3) is 0.519. The zero-order valence-corrected chi connectivity index (χ0v) is 20.1. The number of benzene rings is 1. The second-order valence-electron chi connectivity index (χ2n) is 7.90. The van der Waals surface area contributed by atoms with E-state index < -0.39 is 0 Å². The minimum absolute atomic E-state index is 0.0962. The Labute approximate surface area is 192 Å². The number of carbonyl (C=O) groups excluding carboxylic acids is 1. The van der Waals surface area contributed by atoms with E-state index in [0.717, 1.165) is 25.8 Å². The van der Waals surface area contributed by atoms with Crippen LogP contribution in [-0.2, 0) is 22.4 Å². The predicted molar refractivity (Wildman–Crippen MR) is 135 cm³/mol. The van der Waals surface area contributed by atoms with Crippen LogP contribution in [0, 0.1) is 0 Å². The molecule has 1 N–H and O–H groups in total. The maximum absolute atomic E-state index is 11.4. The van der Waals surface area contributed by atoms with Crippen LogP contribution in [0.2, 0.25) is 0 Å². The lowest BCUT2D eigenvalue weighted by Crippen LogP contribution is -2.04. The summed E-state index contributed by atoms with van der Waals surface area (Å²) in [5, 5.41) is 3.51. The maximum Gasteiger partial charge on any atom is 0.305 e. The summed E-state index contributed by atoms with van der Waals surface area (Å²) in [5.74, 6) is -0.0962. The van der Waals surface area contributed by atoms with E-state index in [4.69, 9.17) is 4.74 Å². The smallest absolute Gasteiger partial charge is 0.305 e. The Morgan fingerprint density at radius 2 is 1.74 bits per heavy atom. The van der Waals surface area contributed by atoms with E-state index in [-0.39, 0.29) is 5.97 Å². The standard InChI is InChI=1S/C27H39NO2S/c1-3-25-20-21-26(31-25)14-10-8-6-5-7-9-11-22-28-24-18-16-23(17-19-24)13-12-15-27(29)30-4-2/h10,14,16-21,28H,3-9,11-13,15,22H2,1-2H3/b14-10+. The van der Waals surface area contributed by atoms with Crippen LogP contribution in [0.15, 0.2) is 42.5 Å². The number of hydrogen-bond acceptors (Lipinski definition) is 4. The van der Waals surface area contributed by atoms with Gasteiger partial charge in [-0.15, -0.1) is 11.3 Å². The van der Waals surface area contributed by atoms with Gasteiger partial charge < -0.3 is 10.1 Å². The number of thiophene rings is 1. The van der Waals surface area contributed by atoms with E-state index in [9.17, 15) is 4.79 Å². The first-order chi connectivity index (χ1) is 15.2. The highest BCUT2D eigenvalue weighted by Gasteiger charge is 2.02. The second-order valence-corrected chi connectivity index (χ2v) is 9.10. The normalized spacial score (nSPS) is 11.2. The van der Waals surface area contributed by atoms with E-state index >= 15 is 0 Å². The largest absolute Gasteiger partial charge is 0.466 e. The third-order valence-electron chi connectivity index (χ3n) is 5.30. The van der Waals surface area contributed by atoms with Crippen molar-refractivity contribution in [2.24, 2.45) is 0 Å². The fourth-order valence-electron chi connectivity index (χ4n) is 3.48. The summed E-state index contributed by atoms with van der Waals surface area (Å²) in [7, 11) is 0. The van der Waals surface area contributed by atoms with Crippen LogP contribution in [0.5, 0.6) is 0 Å². The van der Waals surface area contributed by atoms with Crippen molar-refractivity contribution in [3.63, 3.8) is 0 Å². The number of allylic oxidation sites excluding steroid dienone is 1. The quantitative estimate of drug-likeness (QED) is 0.215. The summed E-state index contributed by atoms with van der Waals surface area (Å²) in [4.78, 5) is 14.2. The van der Waals surface area contributed by atoms with Crippen LogP contribution in [0.3, 0.4) is 0 Å². The van der Waals surface area contributed by atoms with Crippen LogP contribution in [0.1, 0.15) is 80.5 Å². The molecule has 0 aliphatic carbocycles. The topological polar surface area (TPSA) is 38.3 Å². The Bertz CT molecular complexity index is 764. The van der Waals surface area contributed by atoms with E-state index in [0.29, 0.717) is 13.0 Å². The van der Waals surface area contributed by atoms with Crippen molar-refractivity contribution in [1.29, 1.82) is 0 Å². The Morgan fingerprint density at radius 3 is 2.48 bits per heavy atom. The van der Waals surface area contributed by atoms with Gasteiger partial charge in [-0.3, -0.25) is 4.79 Å². The molecule has 170 valence electrons. The molecule has 1 aromatic carbocycles. The van der Waals surface area contributed by atoms with E-state index in [1.165, 1.54) is 59.5 Å². The number of ether oxygens (including phenoxy) is 1. The summed E-state index contributed by atoms with van der Waals surface area (Å²) in [5.41, 5.74) is 2.45. The number of carbonyl (C=O) groups is 1. The average Bonchev–Trinajstić information content (AvgIpc) is 3.24. The van der Waals surface area contributed by atoms with Gasteiger partial charge in [-0.25, -0.2) is 0 Å². The van der Waals surface area contributed by atoms with Gasteiger partial charge in [0.15, 0.2) is 0 Å². The molecule has 0 radical (unpaired) electrons. The highest BCUT2D eigenvalue weighted by atomic mass is 32.1. The van der Waals surface area contributed by atoms with Crippen LogP contribution < -0.4 is 5.32 Å². The molecular weight excluding hydrogens is 402 g/mol. The highest BCUT2D eigenvalue weighted by Crippen LogP contribution is 2.19. The van der Waals surface area contributed by atoms with Crippen molar-refractivity contribution < 1.29 is 9.53 Å². The number of unbranched alkanes of at least 4 members (excludes halogenated alkanes) is 5. The zero-order valence-electron chi connectivity index (χ0n) is 19.3. The monoisotopic (exact) mass is 441 g/mol. The van der Waals surface area contributed by atoms with Gasteiger partial charge in [0.05, 0.1) is 6.61 Å². The number of aryl methyl sites for hydroxylation is 2. The Kier molecular flexibility index (Phi) is 12.8. The minimum atomic E-state index is -0.0962. The number of anilines is 1. The molecule has 1 aromatic heterocycles. The Balaban J connectivity index is 1.46. The summed E-state index contributed by atoms with van der Waals surface area (Å²) in [6.45, 7) is 5.55. The molecule has 0 aliphatic rings. The van der Waals surface area contributed by atoms with Crippen LogP contribution in [0.4, 0.5) is 5.69 Å². The molecule has 0 unspecified atom stereocenters. The van der Waals surface area contributed by atoms with Crippen LogP contribution >= 0.6 is 11.3 Å². The van der Waals surface area contributed by atoms with Crippen molar-refractivity contribution in [1.82, 2.24) is 0 Å². The average molecular weight is 442 g/mol. The number of rotatable bonds is 16. The van der Waals surface area contributed by atoms with E-state index in [2.05, 4.69) is 60.8 Å². The molecule has 3 nitrogen and oxygen atoms in total. The fourth-order valence-corrected chi connectivity index (χ4v) is 4.37. The van der Waals surface area contributed by atoms with Gasteiger partial charge in [-0.1, -0.05) is 44.4 Å². The number of esters is 1. The van der Waals surface area contributed by atoms with Gasteiger partial charge in [-0.05, 0) is 81.4 Å². The molecule has 0 saturated carbocycles. The third kappa shape index (κ3) is 11.2. The lowest BCUT2D eigenvalue weighted by Gasteiger charge is -2.08. The molecule has 0 saturated heterocycles. The lowest BCUT2D eigenvalue weighted by atomic mass is 10.1. The van der Waals surface area contributed by atoms with E-state index in [1.54, 1.807) is 0 Å². The summed E-state index contributed by atoms with van der Waals surface area (Å²) in [6, 6.07) is 13.1. The Morgan fingerprint density at radius 1 is 0.968 bits per heavy atom. The maximum atomic E-state index is 11.4. The molecule has 0 bridgehead atoms. The van der Waals surface area contributed by atoms with Crippen LogP contribution in [0.25, 0.3) is 6.08 Å². The first-order valence-electron chi connectivity index (χ1n) is 11.9. The van der Waals surface area contributed by atoms with Gasteiger partial charge in [0.1, 0.15) is 0 Å². The molecule has 0 atom stereocenters. The third-order valence-corrected chi connectivity index (χ3v) is 6.49. The van der Waals surface area contributed by atoms with Crippen LogP contribution in [-0.4, -0.2) is 19.1 Å². The molecule has 2 aromatic rings. The SMILES string of the molecule is CCOC(=O)CCCc1ccc(NCCCCCCC/C=C/c2ccc(CC)s2)cc1. The lowest BCUT2D eigenvalue weighted by molar-refractivity contribution is -0.143. The summed E-state index contributed by atoms with van der Waals surface area (Å²) < 4.78 is 4.96. The molecule has 0 amide bonds. The van der Waals surface area contributed by atoms with Crippen molar-refractivity contribution in [2.75, 3.05) is 18.5 Å². The van der Waals surface area contributed by atoms with Crippen molar-refractivity contribution in [3.8, 4) is 0 Å². The first-order valence-corrected chi connectivity index (χ1v) is 12.8. The summed E-state index contributed by atoms with van der Waals surface area (Å²) >= 11 is 1.90. The minimum Gasteiger partial charge on any atom is -0.466 e. The highest BCUT2D eigenvalue weighted by molar-refractivity contribution is 7.12. The van der Waals surface area contributed by atoms with Gasteiger partial charge in [0, 0.05) is 28.4 Å². The van der Waals surface area contributed by atoms with Gasteiger partial charge >= 0.3 is 5.97 Å². The first kappa shape index (κ1) is 25.2. The van der Waals surface area contributed by atoms with Gasteiger partial charge in [-0.2, -0.15) is 0 Å². The second kappa shape index (κ2) is 15.7. The zero-order chi connectivity index (χ0) is 22.2. The van der Waals surface area contributed by atoms with Gasteiger partial charge in [0.25, 0.3) is 0 Å². The Hall–Kier alpha value is -2.07. The number of nitrogens with one attached hydrogen (secondary N) is 1. The molecule has 4 heteroatoms. The molecule has 0 aliphatic heterocycles. The van der Waals surface area contributed by atoms with Gasteiger partial charge in [0.2, 0.25) is 0 Å². The molecule has 0 fully saturated rings. The molecule has 31 heavy (non-hydrogen) atoms. The van der Waals surface area contributed by atoms with Crippen molar-refractivity contribution >= 4 is 29.1 Å². The predicted octanol–water partition coefficient (Wildman–Crippen LogP) is 7.66. The molecule has 0 spiro atoms. The van der Waals surface area contributed by atoms with Crippen molar-refractivity contribution in [2.45, 2.75) is 78.1 Å². The molecular formula is C27H39NO2S. The summed E-state index contributed by atoms with van der Waals surface area (Å²) in [6.07, 6.45) is 15.6. The number of hydrogen-bond donors (Lipinski definition) is 1.